The van der Waals surface area contributed by atoms with Gasteiger partial charge in [-0.25, -0.2) is 0 Å². The highest BCUT2D eigenvalue weighted by atomic mass is 16.5. The number of likely N-dealkylation sites (tertiary alicyclic amines) is 1. The van der Waals surface area contributed by atoms with Gasteiger partial charge in [0.2, 0.25) is 0 Å². The van der Waals surface area contributed by atoms with Crippen molar-refractivity contribution in [2.45, 2.75) is 31.0 Å². The lowest BCUT2D eigenvalue weighted by atomic mass is 10.1. The van der Waals surface area contributed by atoms with Crippen LogP contribution in [0, 0.1) is 0 Å². The minimum Gasteiger partial charge on any atom is -0.486 e. The number of nitrogens with zero attached hydrogens (tertiary/aromatic N) is 2. The Morgan fingerprint density at radius 1 is 1.14 bits per heavy atom. The number of hydrogen-bond acceptors (Lipinski definition) is 4. The maximum Gasteiger partial charge on any atom is 0.257 e. The van der Waals surface area contributed by atoms with E-state index in [1.807, 2.05) is 36.2 Å². The first-order chi connectivity index (χ1) is 10.7. The van der Waals surface area contributed by atoms with Crippen molar-refractivity contribution >= 4 is 5.91 Å². The summed E-state index contributed by atoms with van der Waals surface area (Å²) in [4.78, 5) is 17.0. The molecule has 3 heterocycles. The monoisotopic (exact) mass is 302 g/mol. The third-order valence-corrected chi connectivity index (χ3v) is 5.19. The second kappa shape index (κ2) is 5.56. The van der Waals surface area contributed by atoms with Crippen molar-refractivity contribution in [2.75, 3.05) is 33.4 Å². The molecule has 2 fully saturated rings. The Morgan fingerprint density at radius 3 is 2.73 bits per heavy atom. The fraction of sp³-hybridized carbons (Fsp3) is 0.588. The molecule has 0 spiro atoms. The lowest BCUT2D eigenvalue weighted by molar-refractivity contribution is 0.0379. The molecule has 1 aromatic carbocycles. The largest absolute Gasteiger partial charge is 0.486 e. The molecule has 0 N–H and O–H groups in total. The van der Waals surface area contributed by atoms with E-state index >= 15 is 0 Å². The molecule has 3 aliphatic heterocycles. The van der Waals surface area contributed by atoms with Crippen molar-refractivity contribution in [2.24, 2.45) is 0 Å². The molecule has 0 bridgehead atoms. The normalized spacial score (nSPS) is 29.7. The Bertz CT molecular complexity index is 571. The molecule has 5 heteroatoms. The lowest BCUT2D eigenvalue weighted by Crippen LogP contribution is -2.44. The molecule has 118 valence electrons. The Balaban J connectivity index is 1.58. The molecule has 2 saturated heterocycles. The Hall–Kier alpha value is -1.59. The fourth-order valence-corrected chi connectivity index (χ4v) is 3.87. The Morgan fingerprint density at radius 2 is 1.91 bits per heavy atom. The van der Waals surface area contributed by atoms with Crippen molar-refractivity contribution in [3.63, 3.8) is 0 Å². The summed E-state index contributed by atoms with van der Waals surface area (Å²) in [5.41, 5.74) is 0.678. The summed E-state index contributed by atoms with van der Waals surface area (Å²) in [6.07, 6.45) is 2.21. The lowest BCUT2D eigenvalue weighted by Gasteiger charge is -2.31. The smallest absolute Gasteiger partial charge is 0.257 e. The SMILES string of the molecule is CN1C(=O)c2ccccc2O[C@H]2CN(C3CCOCC3)C[C@H]21. The van der Waals surface area contributed by atoms with E-state index in [2.05, 4.69) is 4.90 Å². The summed E-state index contributed by atoms with van der Waals surface area (Å²) in [5, 5.41) is 0. The zero-order valence-corrected chi connectivity index (χ0v) is 12.9. The first kappa shape index (κ1) is 14.0. The van der Waals surface area contributed by atoms with E-state index in [0.29, 0.717) is 11.6 Å². The molecule has 22 heavy (non-hydrogen) atoms. The number of benzene rings is 1. The summed E-state index contributed by atoms with van der Waals surface area (Å²) in [7, 11) is 1.90. The van der Waals surface area contributed by atoms with Gasteiger partial charge < -0.3 is 14.4 Å². The quantitative estimate of drug-likeness (QED) is 0.786. The number of amides is 1. The third kappa shape index (κ3) is 2.29. The predicted molar refractivity (Wildman–Crippen MR) is 82.2 cm³/mol. The first-order valence-corrected chi connectivity index (χ1v) is 8.08. The van der Waals surface area contributed by atoms with E-state index in [9.17, 15) is 4.79 Å². The average molecular weight is 302 g/mol. The Labute approximate surface area is 130 Å². The van der Waals surface area contributed by atoms with Crippen LogP contribution in [0.1, 0.15) is 23.2 Å². The van der Waals surface area contributed by atoms with Crippen molar-refractivity contribution in [3.8, 4) is 5.75 Å². The molecule has 1 aromatic rings. The van der Waals surface area contributed by atoms with E-state index in [-0.39, 0.29) is 18.1 Å². The van der Waals surface area contributed by atoms with E-state index in [4.69, 9.17) is 9.47 Å². The van der Waals surface area contributed by atoms with Crippen LogP contribution in [0.3, 0.4) is 0 Å². The van der Waals surface area contributed by atoms with Crippen molar-refractivity contribution in [3.05, 3.63) is 29.8 Å². The average Bonchev–Trinajstić information content (AvgIpc) is 2.95. The molecule has 1 amide bonds. The van der Waals surface area contributed by atoms with E-state index < -0.39 is 0 Å². The topological polar surface area (TPSA) is 42.0 Å². The molecule has 0 radical (unpaired) electrons. The second-order valence-electron chi connectivity index (χ2n) is 6.43. The molecule has 0 saturated carbocycles. The number of para-hydroxylation sites is 1. The maximum atomic E-state index is 12.7. The van der Waals surface area contributed by atoms with Crippen LogP contribution in [-0.4, -0.2) is 67.2 Å². The van der Waals surface area contributed by atoms with Gasteiger partial charge >= 0.3 is 0 Å². The van der Waals surface area contributed by atoms with Gasteiger partial charge in [-0.3, -0.25) is 9.69 Å². The highest BCUT2D eigenvalue weighted by Gasteiger charge is 2.44. The van der Waals surface area contributed by atoms with Crippen LogP contribution >= 0.6 is 0 Å². The molecule has 3 aliphatic rings. The number of carbonyl (C=O) groups excluding carboxylic acids is 1. The highest BCUT2D eigenvalue weighted by Crippen LogP contribution is 2.32. The maximum absolute atomic E-state index is 12.7. The van der Waals surface area contributed by atoms with Gasteiger partial charge in [0.15, 0.2) is 0 Å². The molecular formula is C17H22N2O3. The van der Waals surface area contributed by atoms with E-state index in [0.717, 1.165) is 44.9 Å². The summed E-state index contributed by atoms with van der Waals surface area (Å²) >= 11 is 0. The van der Waals surface area contributed by atoms with Gasteiger partial charge in [-0.05, 0) is 25.0 Å². The van der Waals surface area contributed by atoms with Crippen LogP contribution in [0.5, 0.6) is 5.75 Å². The van der Waals surface area contributed by atoms with Crippen LogP contribution in [0.25, 0.3) is 0 Å². The van der Waals surface area contributed by atoms with Gasteiger partial charge in [-0.1, -0.05) is 12.1 Å². The van der Waals surface area contributed by atoms with Crippen LogP contribution < -0.4 is 4.74 Å². The third-order valence-electron chi connectivity index (χ3n) is 5.19. The molecule has 0 unspecified atom stereocenters. The Kier molecular flexibility index (Phi) is 3.54. The van der Waals surface area contributed by atoms with Crippen LogP contribution in [0.4, 0.5) is 0 Å². The number of likely N-dealkylation sites (N-methyl/N-ethyl adjacent to an activating group) is 1. The molecule has 0 aliphatic carbocycles. The van der Waals surface area contributed by atoms with Crippen LogP contribution in [0.2, 0.25) is 0 Å². The first-order valence-electron chi connectivity index (χ1n) is 8.08. The summed E-state index contributed by atoms with van der Waals surface area (Å²) in [5.74, 6) is 0.789. The van der Waals surface area contributed by atoms with Gasteiger partial charge in [0, 0.05) is 39.4 Å². The van der Waals surface area contributed by atoms with Crippen molar-refractivity contribution in [1.82, 2.24) is 9.80 Å². The van der Waals surface area contributed by atoms with E-state index in [1.165, 1.54) is 0 Å². The summed E-state index contributed by atoms with van der Waals surface area (Å²) in [6, 6.07) is 8.26. The summed E-state index contributed by atoms with van der Waals surface area (Å²) < 4.78 is 11.7. The number of hydrogen-bond donors (Lipinski definition) is 0. The van der Waals surface area contributed by atoms with Crippen LogP contribution in [-0.2, 0) is 4.74 Å². The van der Waals surface area contributed by atoms with Gasteiger partial charge in [0.25, 0.3) is 5.91 Å². The van der Waals surface area contributed by atoms with Gasteiger partial charge in [-0.15, -0.1) is 0 Å². The van der Waals surface area contributed by atoms with E-state index in [1.54, 1.807) is 0 Å². The zero-order chi connectivity index (χ0) is 15.1. The second-order valence-corrected chi connectivity index (χ2v) is 6.43. The van der Waals surface area contributed by atoms with Crippen molar-refractivity contribution in [1.29, 1.82) is 0 Å². The molecular weight excluding hydrogens is 280 g/mol. The molecule has 5 nitrogen and oxygen atoms in total. The zero-order valence-electron chi connectivity index (χ0n) is 12.9. The minimum atomic E-state index is 0.0560. The number of ether oxygens (including phenoxy) is 2. The fourth-order valence-electron chi connectivity index (χ4n) is 3.87. The molecule has 4 rings (SSSR count). The summed E-state index contributed by atoms with van der Waals surface area (Å²) in [6.45, 7) is 3.47. The standard InChI is InChI=1S/C17H22N2O3/c1-18-14-10-19(12-6-8-21-9-7-12)11-16(14)22-15-5-3-2-4-13(15)17(18)20/h2-5,12,14,16H,6-11H2,1H3/t14-,16+/m1/s1. The number of rotatable bonds is 1. The van der Waals surface area contributed by atoms with Crippen LogP contribution in [0.15, 0.2) is 24.3 Å². The van der Waals surface area contributed by atoms with Gasteiger partial charge in [0.1, 0.15) is 11.9 Å². The van der Waals surface area contributed by atoms with Crippen molar-refractivity contribution < 1.29 is 14.3 Å². The molecule has 0 aromatic heterocycles. The highest BCUT2D eigenvalue weighted by molar-refractivity contribution is 5.97. The molecule has 2 atom stereocenters. The van der Waals surface area contributed by atoms with Gasteiger partial charge in [-0.2, -0.15) is 0 Å². The predicted octanol–water partition coefficient (Wildman–Crippen LogP) is 1.38. The number of fused-ring (bicyclic) bond motifs is 2. The number of carbonyl (C=O) groups is 1. The van der Waals surface area contributed by atoms with Gasteiger partial charge in [0.05, 0.1) is 11.6 Å². The minimum absolute atomic E-state index is 0.0560.